The number of benzene rings is 1. The Bertz CT molecular complexity index is 1410. The van der Waals surface area contributed by atoms with Gasteiger partial charge in [0.15, 0.2) is 5.65 Å². The molecule has 1 fully saturated rings. The lowest BCUT2D eigenvalue weighted by Crippen LogP contribution is -2.46. The van der Waals surface area contributed by atoms with Crippen LogP contribution in [0.5, 0.6) is 5.75 Å². The zero-order valence-electron chi connectivity index (χ0n) is 22.0. The van der Waals surface area contributed by atoms with Gasteiger partial charge in [-0.05, 0) is 64.8 Å². The highest BCUT2D eigenvalue weighted by Crippen LogP contribution is 2.36. The predicted octanol–water partition coefficient (Wildman–Crippen LogP) is 3.90. The molecule has 1 atom stereocenters. The van der Waals surface area contributed by atoms with Crippen LogP contribution in [0.15, 0.2) is 30.5 Å². The van der Waals surface area contributed by atoms with Crippen LogP contribution in [0.1, 0.15) is 39.4 Å². The van der Waals surface area contributed by atoms with Crippen molar-refractivity contribution in [1.82, 2.24) is 19.5 Å². The van der Waals surface area contributed by atoms with Crippen LogP contribution >= 0.6 is 0 Å². The van der Waals surface area contributed by atoms with Gasteiger partial charge in [-0.2, -0.15) is 0 Å². The minimum atomic E-state index is -3.48. The Balaban J connectivity index is 1.70. The number of nitrogens with one attached hydrogen (secondary N) is 2. The molecule has 0 spiro atoms. The molecule has 1 unspecified atom stereocenters. The highest BCUT2D eigenvalue weighted by Gasteiger charge is 2.29. The number of likely N-dealkylation sites (tertiary alicyclic amines) is 1. The molecule has 3 aromatic rings. The van der Waals surface area contributed by atoms with Crippen molar-refractivity contribution in [2.75, 3.05) is 36.4 Å². The molecule has 2 N–H and O–H groups in total. The third-order valence-corrected chi connectivity index (χ3v) is 6.47. The van der Waals surface area contributed by atoms with Gasteiger partial charge < -0.3 is 19.7 Å². The Kier molecular flexibility index (Phi) is 7.22. The topological polar surface area (TPSA) is 127 Å². The molecule has 1 amide bonds. The van der Waals surface area contributed by atoms with Crippen LogP contribution in [-0.4, -0.2) is 72.1 Å². The number of sulfonamides is 1. The maximum Gasteiger partial charge on any atom is 0.410 e. The van der Waals surface area contributed by atoms with E-state index < -0.39 is 15.6 Å². The molecule has 0 bridgehead atoms. The van der Waals surface area contributed by atoms with Gasteiger partial charge in [0.1, 0.15) is 23.3 Å². The number of ether oxygens (including phenoxy) is 2. The maximum atomic E-state index is 12.6. The summed E-state index contributed by atoms with van der Waals surface area (Å²) >= 11 is 0. The Morgan fingerprint density at radius 1 is 1.19 bits per heavy atom. The van der Waals surface area contributed by atoms with E-state index in [1.807, 2.05) is 44.4 Å². The summed E-state index contributed by atoms with van der Waals surface area (Å²) < 4.78 is 40.2. The van der Waals surface area contributed by atoms with E-state index in [-0.39, 0.29) is 12.2 Å². The summed E-state index contributed by atoms with van der Waals surface area (Å²) in [5.74, 6) is 1.28. The van der Waals surface area contributed by atoms with Gasteiger partial charge in [0.25, 0.3) is 0 Å². The fraction of sp³-hybridized carbons (Fsp3) is 0.480. The van der Waals surface area contributed by atoms with E-state index in [4.69, 9.17) is 9.47 Å². The number of hydrogen-bond donors (Lipinski definition) is 2. The number of amides is 1. The lowest BCUT2D eigenvalue weighted by molar-refractivity contribution is 0.00783. The van der Waals surface area contributed by atoms with Crippen molar-refractivity contribution in [3.05, 3.63) is 36.3 Å². The maximum absolute atomic E-state index is 12.6. The fourth-order valence-electron chi connectivity index (χ4n) is 4.28. The number of fused-ring (bicyclic) bond motifs is 1. The Labute approximate surface area is 217 Å². The van der Waals surface area contributed by atoms with Gasteiger partial charge in [-0.25, -0.2) is 13.2 Å². The highest BCUT2D eigenvalue weighted by atomic mass is 32.2. The second-order valence-electron chi connectivity index (χ2n) is 10.2. The van der Waals surface area contributed by atoms with Crippen molar-refractivity contribution in [1.29, 1.82) is 0 Å². The highest BCUT2D eigenvalue weighted by molar-refractivity contribution is 7.92. The second kappa shape index (κ2) is 10.1. The molecule has 0 radical (unpaired) electrons. The quantitative estimate of drug-likeness (QED) is 0.491. The van der Waals surface area contributed by atoms with E-state index in [0.29, 0.717) is 41.6 Å². The number of carbonyl (C=O) groups excluding carboxylic acids is 1. The first-order chi connectivity index (χ1) is 17.3. The standard InChI is InChI=1S/C25H34N6O5S/c1-16-27-28-23-21(26-5)12-17(14-31(16)23)20-13-18(29-37(6,33)34)9-10-22(20)35-19-8-7-11-30(15-19)24(32)36-25(2,3)4/h9-10,12-14,19,26,29H,7-8,11,15H2,1-6H3. The summed E-state index contributed by atoms with van der Waals surface area (Å²) in [6, 6.07) is 7.07. The van der Waals surface area contributed by atoms with Crippen molar-refractivity contribution in [2.24, 2.45) is 0 Å². The average Bonchev–Trinajstić information content (AvgIpc) is 3.18. The second-order valence-corrected chi connectivity index (χ2v) is 12.0. The minimum absolute atomic E-state index is 0.252. The van der Waals surface area contributed by atoms with Gasteiger partial charge in [-0.15, -0.1) is 10.2 Å². The van der Waals surface area contributed by atoms with E-state index >= 15 is 0 Å². The predicted molar refractivity (Wildman–Crippen MR) is 143 cm³/mol. The monoisotopic (exact) mass is 530 g/mol. The van der Waals surface area contributed by atoms with Crippen molar-refractivity contribution in [3.8, 4) is 16.9 Å². The van der Waals surface area contributed by atoms with Gasteiger partial charge in [0.2, 0.25) is 10.0 Å². The zero-order chi connectivity index (χ0) is 27.0. The lowest BCUT2D eigenvalue weighted by Gasteiger charge is -2.34. The summed E-state index contributed by atoms with van der Waals surface area (Å²) in [6.45, 7) is 8.38. The number of hydrogen-bond acceptors (Lipinski definition) is 8. The molecule has 200 valence electrons. The summed E-state index contributed by atoms with van der Waals surface area (Å²) in [5.41, 5.74) is 2.75. The molecule has 12 heteroatoms. The lowest BCUT2D eigenvalue weighted by atomic mass is 10.0. The number of aryl methyl sites for hydroxylation is 1. The normalized spacial score (nSPS) is 16.5. The molecule has 4 rings (SSSR count). The molecule has 1 aliphatic heterocycles. The SMILES string of the molecule is CNc1cc(-c2cc(NS(C)(=O)=O)ccc2OC2CCCN(C(=O)OC(C)(C)C)C2)cn2c(C)nnc12. The molecular weight excluding hydrogens is 496 g/mol. The number of nitrogens with zero attached hydrogens (tertiary/aromatic N) is 4. The van der Waals surface area contributed by atoms with Crippen molar-refractivity contribution >= 4 is 33.1 Å². The summed E-state index contributed by atoms with van der Waals surface area (Å²) in [6.07, 6.45) is 3.94. The van der Waals surface area contributed by atoms with Crippen LogP contribution < -0.4 is 14.8 Å². The van der Waals surface area contributed by atoms with Gasteiger partial charge in [0, 0.05) is 36.6 Å². The number of aromatic nitrogens is 3. The first-order valence-electron chi connectivity index (χ1n) is 12.1. The molecule has 1 aromatic carbocycles. The van der Waals surface area contributed by atoms with Gasteiger partial charge in [-0.3, -0.25) is 9.12 Å². The van der Waals surface area contributed by atoms with E-state index in [0.717, 1.165) is 30.3 Å². The Morgan fingerprint density at radius 2 is 1.95 bits per heavy atom. The summed E-state index contributed by atoms with van der Waals surface area (Å²) in [4.78, 5) is 14.3. The molecule has 1 aliphatic rings. The number of piperidine rings is 1. The molecule has 1 saturated heterocycles. The van der Waals surface area contributed by atoms with Gasteiger partial charge >= 0.3 is 6.09 Å². The third kappa shape index (κ3) is 6.43. The first kappa shape index (κ1) is 26.5. The summed E-state index contributed by atoms with van der Waals surface area (Å²) in [7, 11) is -1.68. The van der Waals surface area contributed by atoms with Crippen LogP contribution in [0, 0.1) is 6.92 Å². The first-order valence-corrected chi connectivity index (χ1v) is 14.0. The number of pyridine rings is 1. The van der Waals surface area contributed by atoms with Gasteiger partial charge in [0.05, 0.1) is 18.5 Å². The molecular formula is C25H34N6O5S. The molecule has 37 heavy (non-hydrogen) atoms. The number of anilines is 2. The van der Waals surface area contributed by atoms with E-state index in [9.17, 15) is 13.2 Å². The van der Waals surface area contributed by atoms with E-state index in [1.54, 1.807) is 30.1 Å². The number of rotatable bonds is 6. The molecule has 3 heterocycles. The van der Waals surface area contributed by atoms with E-state index in [2.05, 4.69) is 20.2 Å². The van der Waals surface area contributed by atoms with Crippen LogP contribution in [0.4, 0.5) is 16.2 Å². The smallest absolute Gasteiger partial charge is 0.410 e. The Hall–Kier alpha value is -3.54. The van der Waals surface area contributed by atoms with Crippen LogP contribution in [0.2, 0.25) is 0 Å². The fourth-order valence-corrected chi connectivity index (χ4v) is 4.83. The van der Waals surface area contributed by atoms with E-state index in [1.165, 1.54) is 0 Å². The molecule has 0 saturated carbocycles. The molecule has 11 nitrogen and oxygen atoms in total. The Morgan fingerprint density at radius 3 is 2.62 bits per heavy atom. The van der Waals surface area contributed by atoms with Crippen molar-refractivity contribution in [3.63, 3.8) is 0 Å². The average molecular weight is 531 g/mol. The summed E-state index contributed by atoms with van der Waals surface area (Å²) in [5, 5.41) is 11.6. The van der Waals surface area contributed by atoms with Crippen LogP contribution in [0.25, 0.3) is 16.8 Å². The van der Waals surface area contributed by atoms with Crippen molar-refractivity contribution in [2.45, 2.75) is 52.2 Å². The van der Waals surface area contributed by atoms with Crippen molar-refractivity contribution < 1.29 is 22.7 Å². The van der Waals surface area contributed by atoms with Gasteiger partial charge in [-0.1, -0.05) is 0 Å². The largest absolute Gasteiger partial charge is 0.488 e. The van der Waals surface area contributed by atoms with Crippen LogP contribution in [-0.2, 0) is 14.8 Å². The third-order valence-electron chi connectivity index (χ3n) is 5.86. The zero-order valence-corrected chi connectivity index (χ0v) is 22.8. The molecule has 2 aromatic heterocycles. The number of carbonyl (C=O) groups is 1. The molecule has 0 aliphatic carbocycles. The minimum Gasteiger partial charge on any atom is -0.488 e. The van der Waals surface area contributed by atoms with Crippen LogP contribution in [0.3, 0.4) is 0 Å².